The third-order valence-corrected chi connectivity index (χ3v) is 2.69. The van der Waals surface area contributed by atoms with Gasteiger partial charge in [0.25, 0.3) is 0 Å². The topological polar surface area (TPSA) is 59.7 Å². The molecular weight excluding hydrogens is 208 g/mol. The summed E-state index contributed by atoms with van der Waals surface area (Å²) in [4.78, 5) is 10.8. The van der Waals surface area contributed by atoms with Crippen LogP contribution >= 0.6 is 0 Å². The van der Waals surface area contributed by atoms with Gasteiger partial charge in [0.05, 0.1) is 7.11 Å². The lowest BCUT2D eigenvalue weighted by Gasteiger charge is -2.07. The highest BCUT2D eigenvalue weighted by atomic mass is 16.5. The van der Waals surface area contributed by atoms with E-state index in [1.165, 1.54) is 6.07 Å². The lowest BCUT2D eigenvalue weighted by atomic mass is 10.1. The van der Waals surface area contributed by atoms with Gasteiger partial charge in [0.1, 0.15) is 0 Å². The van der Waals surface area contributed by atoms with Crippen molar-refractivity contribution < 1.29 is 19.1 Å². The standard InChI is InChI=1S/C12H12O4/c1-6-4-8-5-9(12(13)14)16-11(8)10(15-3)7(6)2/h4-5H,1-3H3,(H,13,14). The summed E-state index contributed by atoms with van der Waals surface area (Å²) in [5, 5.41) is 9.60. The number of ether oxygens (including phenoxy) is 1. The second kappa shape index (κ2) is 3.56. The van der Waals surface area contributed by atoms with Gasteiger partial charge in [0, 0.05) is 5.39 Å². The van der Waals surface area contributed by atoms with Crippen molar-refractivity contribution in [1.29, 1.82) is 0 Å². The zero-order valence-corrected chi connectivity index (χ0v) is 9.33. The maximum absolute atomic E-state index is 10.8. The van der Waals surface area contributed by atoms with Crippen LogP contribution in [0.15, 0.2) is 16.5 Å². The number of methoxy groups -OCH3 is 1. The van der Waals surface area contributed by atoms with Gasteiger partial charge < -0.3 is 14.3 Å². The maximum atomic E-state index is 10.8. The fraction of sp³-hybridized carbons (Fsp3) is 0.250. The Kier molecular flexibility index (Phi) is 2.34. The first kappa shape index (κ1) is 10.5. The summed E-state index contributed by atoms with van der Waals surface area (Å²) in [6, 6.07) is 3.40. The average molecular weight is 220 g/mol. The van der Waals surface area contributed by atoms with E-state index >= 15 is 0 Å². The summed E-state index contributed by atoms with van der Waals surface area (Å²) >= 11 is 0. The van der Waals surface area contributed by atoms with Gasteiger partial charge in [-0.2, -0.15) is 0 Å². The van der Waals surface area contributed by atoms with Gasteiger partial charge in [-0.05, 0) is 37.1 Å². The molecule has 0 fully saturated rings. The molecule has 1 N–H and O–H groups in total. The molecule has 0 atom stereocenters. The highest BCUT2D eigenvalue weighted by Gasteiger charge is 2.16. The Balaban J connectivity index is 2.81. The summed E-state index contributed by atoms with van der Waals surface area (Å²) in [6.45, 7) is 3.86. The molecule has 0 saturated carbocycles. The van der Waals surface area contributed by atoms with Crippen molar-refractivity contribution in [3.05, 3.63) is 29.0 Å². The first-order valence-electron chi connectivity index (χ1n) is 4.85. The molecule has 16 heavy (non-hydrogen) atoms. The van der Waals surface area contributed by atoms with E-state index in [1.54, 1.807) is 7.11 Å². The Morgan fingerprint density at radius 3 is 2.62 bits per heavy atom. The predicted molar refractivity (Wildman–Crippen MR) is 59.2 cm³/mol. The molecule has 0 aliphatic rings. The van der Waals surface area contributed by atoms with E-state index in [1.807, 2.05) is 19.9 Å². The van der Waals surface area contributed by atoms with Crippen molar-refractivity contribution in [3.8, 4) is 5.75 Å². The molecule has 1 heterocycles. The Bertz CT molecular complexity index is 566. The van der Waals surface area contributed by atoms with Crippen molar-refractivity contribution in [2.75, 3.05) is 7.11 Å². The van der Waals surface area contributed by atoms with E-state index in [9.17, 15) is 4.79 Å². The lowest BCUT2D eigenvalue weighted by Crippen LogP contribution is -1.91. The Morgan fingerprint density at radius 1 is 1.38 bits per heavy atom. The molecule has 0 saturated heterocycles. The number of furan rings is 1. The first-order chi connectivity index (χ1) is 7.54. The van der Waals surface area contributed by atoms with Crippen LogP contribution in [0.5, 0.6) is 5.75 Å². The second-order valence-electron chi connectivity index (χ2n) is 3.69. The third kappa shape index (κ3) is 1.43. The summed E-state index contributed by atoms with van der Waals surface area (Å²) in [7, 11) is 1.55. The van der Waals surface area contributed by atoms with Crippen LogP contribution in [0.1, 0.15) is 21.7 Å². The van der Waals surface area contributed by atoms with E-state index in [0.29, 0.717) is 11.3 Å². The fourth-order valence-corrected chi connectivity index (χ4v) is 1.73. The normalized spacial score (nSPS) is 10.7. The SMILES string of the molecule is COc1c(C)c(C)cc2cc(C(=O)O)oc12. The van der Waals surface area contributed by atoms with Crippen LogP contribution in [0.2, 0.25) is 0 Å². The van der Waals surface area contributed by atoms with Crippen molar-refractivity contribution in [2.24, 2.45) is 0 Å². The van der Waals surface area contributed by atoms with E-state index in [0.717, 1.165) is 16.5 Å². The van der Waals surface area contributed by atoms with Gasteiger partial charge in [-0.15, -0.1) is 0 Å². The highest BCUT2D eigenvalue weighted by molar-refractivity contribution is 5.94. The quantitative estimate of drug-likeness (QED) is 0.845. The number of aromatic carboxylic acids is 1. The number of carboxylic acids is 1. The van der Waals surface area contributed by atoms with Crippen LogP contribution in [0.3, 0.4) is 0 Å². The van der Waals surface area contributed by atoms with Crippen molar-refractivity contribution in [1.82, 2.24) is 0 Å². The molecule has 0 unspecified atom stereocenters. The predicted octanol–water partition coefficient (Wildman–Crippen LogP) is 2.76. The van der Waals surface area contributed by atoms with Crippen molar-refractivity contribution >= 4 is 16.9 Å². The molecule has 2 rings (SSSR count). The first-order valence-corrected chi connectivity index (χ1v) is 4.85. The highest BCUT2D eigenvalue weighted by Crippen LogP contribution is 2.33. The number of rotatable bonds is 2. The molecule has 0 amide bonds. The summed E-state index contributed by atoms with van der Waals surface area (Å²) in [5.74, 6) is -0.547. The maximum Gasteiger partial charge on any atom is 0.371 e. The minimum Gasteiger partial charge on any atom is -0.493 e. The zero-order valence-electron chi connectivity index (χ0n) is 9.33. The number of benzene rings is 1. The minimum absolute atomic E-state index is 0.0710. The van der Waals surface area contributed by atoms with Crippen molar-refractivity contribution in [2.45, 2.75) is 13.8 Å². The molecular formula is C12H12O4. The van der Waals surface area contributed by atoms with Crippen LogP contribution < -0.4 is 4.74 Å². The van der Waals surface area contributed by atoms with Crippen LogP contribution in [0.4, 0.5) is 0 Å². The number of aryl methyl sites for hydroxylation is 1. The van der Waals surface area contributed by atoms with Gasteiger partial charge >= 0.3 is 5.97 Å². The van der Waals surface area contributed by atoms with E-state index < -0.39 is 5.97 Å². The van der Waals surface area contributed by atoms with Crippen LogP contribution in [-0.4, -0.2) is 18.2 Å². The molecule has 0 radical (unpaired) electrons. The minimum atomic E-state index is -1.08. The number of carbonyl (C=O) groups is 1. The molecule has 0 aliphatic heterocycles. The molecule has 1 aromatic heterocycles. The smallest absolute Gasteiger partial charge is 0.371 e. The average Bonchev–Trinajstić information content (AvgIpc) is 2.63. The number of carboxylic acid groups (broad SMARTS) is 1. The molecule has 2 aromatic rings. The van der Waals surface area contributed by atoms with Crippen molar-refractivity contribution in [3.63, 3.8) is 0 Å². The van der Waals surface area contributed by atoms with Gasteiger partial charge in [0.2, 0.25) is 5.76 Å². The molecule has 0 aliphatic carbocycles. The van der Waals surface area contributed by atoms with E-state index in [4.69, 9.17) is 14.3 Å². The molecule has 0 bridgehead atoms. The molecule has 0 spiro atoms. The summed E-state index contributed by atoms with van der Waals surface area (Å²) in [6.07, 6.45) is 0. The molecule has 4 heteroatoms. The van der Waals surface area contributed by atoms with Gasteiger partial charge in [-0.3, -0.25) is 0 Å². The lowest BCUT2D eigenvalue weighted by molar-refractivity contribution is 0.0665. The molecule has 1 aromatic carbocycles. The number of hydrogen-bond acceptors (Lipinski definition) is 3. The van der Waals surface area contributed by atoms with E-state index in [-0.39, 0.29) is 5.76 Å². The Labute approximate surface area is 92.4 Å². The summed E-state index contributed by atoms with van der Waals surface area (Å²) < 4.78 is 10.5. The largest absolute Gasteiger partial charge is 0.493 e. The fourth-order valence-electron chi connectivity index (χ4n) is 1.73. The van der Waals surface area contributed by atoms with Gasteiger partial charge in [-0.1, -0.05) is 0 Å². The monoisotopic (exact) mass is 220 g/mol. The number of hydrogen-bond donors (Lipinski definition) is 1. The molecule has 4 nitrogen and oxygen atoms in total. The van der Waals surface area contributed by atoms with Gasteiger partial charge in [-0.25, -0.2) is 4.79 Å². The Hall–Kier alpha value is -1.97. The molecule has 84 valence electrons. The third-order valence-electron chi connectivity index (χ3n) is 2.69. The van der Waals surface area contributed by atoms with Crippen LogP contribution in [-0.2, 0) is 0 Å². The second-order valence-corrected chi connectivity index (χ2v) is 3.69. The van der Waals surface area contributed by atoms with Gasteiger partial charge in [0.15, 0.2) is 11.3 Å². The summed E-state index contributed by atoms with van der Waals surface area (Å²) in [5.41, 5.74) is 2.49. The van der Waals surface area contributed by atoms with E-state index in [2.05, 4.69) is 0 Å². The van der Waals surface area contributed by atoms with Crippen LogP contribution in [0.25, 0.3) is 11.0 Å². The zero-order chi connectivity index (χ0) is 11.9. The number of fused-ring (bicyclic) bond motifs is 1. The van der Waals surface area contributed by atoms with Crippen LogP contribution in [0, 0.1) is 13.8 Å². The Morgan fingerprint density at radius 2 is 2.06 bits per heavy atom.